The van der Waals surface area contributed by atoms with Gasteiger partial charge in [0.05, 0.1) is 6.04 Å². The van der Waals surface area contributed by atoms with Gasteiger partial charge in [0.2, 0.25) is 5.91 Å². The molecule has 1 fully saturated rings. The molecule has 0 bridgehead atoms. The molecule has 0 aromatic heterocycles. The highest BCUT2D eigenvalue weighted by Crippen LogP contribution is 2.15. The van der Waals surface area contributed by atoms with Gasteiger partial charge < -0.3 is 11.1 Å². The van der Waals surface area contributed by atoms with E-state index in [1.54, 1.807) is 0 Å². The van der Waals surface area contributed by atoms with Crippen LogP contribution in [0.5, 0.6) is 0 Å². The summed E-state index contributed by atoms with van der Waals surface area (Å²) < 4.78 is 0. The first-order chi connectivity index (χ1) is 8.19. The lowest BCUT2D eigenvalue weighted by Gasteiger charge is -2.23. The molecule has 1 heterocycles. The summed E-state index contributed by atoms with van der Waals surface area (Å²) in [6.45, 7) is 7.28. The van der Waals surface area contributed by atoms with Crippen molar-refractivity contribution in [2.75, 3.05) is 19.6 Å². The predicted octanol–water partition coefficient (Wildman–Crippen LogP) is 1.10. The molecule has 1 amide bonds. The zero-order chi connectivity index (χ0) is 12.7. The molecule has 0 aromatic carbocycles. The van der Waals surface area contributed by atoms with Gasteiger partial charge >= 0.3 is 0 Å². The minimum absolute atomic E-state index is 0.0152. The van der Waals surface area contributed by atoms with E-state index >= 15 is 0 Å². The Morgan fingerprint density at radius 3 is 2.94 bits per heavy atom. The van der Waals surface area contributed by atoms with E-state index < -0.39 is 0 Å². The average molecular weight is 241 g/mol. The van der Waals surface area contributed by atoms with Gasteiger partial charge in [0, 0.05) is 12.6 Å². The average Bonchev–Trinajstić information content (AvgIpc) is 2.80. The van der Waals surface area contributed by atoms with Crippen molar-refractivity contribution in [3.8, 4) is 0 Å². The van der Waals surface area contributed by atoms with Gasteiger partial charge in [-0.25, -0.2) is 0 Å². The summed E-state index contributed by atoms with van der Waals surface area (Å²) in [6, 6.07) is 0.189. The van der Waals surface area contributed by atoms with Crippen LogP contribution in [0.15, 0.2) is 0 Å². The largest absolute Gasteiger partial charge is 0.353 e. The van der Waals surface area contributed by atoms with Crippen LogP contribution in [-0.2, 0) is 4.79 Å². The van der Waals surface area contributed by atoms with Gasteiger partial charge in [-0.15, -0.1) is 0 Å². The summed E-state index contributed by atoms with van der Waals surface area (Å²) in [6.07, 6.45) is 5.35. The number of likely N-dealkylation sites (N-methyl/N-ethyl adjacent to an activating group) is 1. The van der Waals surface area contributed by atoms with Crippen molar-refractivity contribution in [2.45, 2.75) is 58.0 Å². The van der Waals surface area contributed by atoms with Gasteiger partial charge in [0.25, 0.3) is 0 Å². The molecule has 0 spiro atoms. The molecule has 0 radical (unpaired) electrons. The molecule has 1 rings (SSSR count). The topological polar surface area (TPSA) is 58.4 Å². The molecule has 1 unspecified atom stereocenters. The number of unbranched alkanes of at least 4 members (excludes halogenated alkanes) is 1. The van der Waals surface area contributed by atoms with Crippen LogP contribution in [0.2, 0.25) is 0 Å². The molecule has 2 atom stereocenters. The van der Waals surface area contributed by atoms with Crippen molar-refractivity contribution in [3.05, 3.63) is 0 Å². The predicted molar refractivity (Wildman–Crippen MR) is 70.8 cm³/mol. The maximum Gasteiger partial charge on any atom is 0.236 e. The second-order valence-electron chi connectivity index (χ2n) is 4.92. The van der Waals surface area contributed by atoms with Gasteiger partial charge in [0.1, 0.15) is 0 Å². The smallest absolute Gasteiger partial charge is 0.236 e. The molecule has 17 heavy (non-hydrogen) atoms. The van der Waals surface area contributed by atoms with Crippen molar-refractivity contribution in [1.29, 1.82) is 0 Å². The van der Waals surface area contributed by atoms with Crippen molar-refractivity contribution in [3.63, 3.8) is 0 Å². The SMILES string of the molecule is CCCC[C@H](N)C(=O)NCC1CCCN1CC. The summed E-state index contributed by atoms with van der Waals surface area (Å²) in [4.78, 5) is 14.2. The Kier molecular flexibility index (Phi) is 6.52. The van der Waals surface area contributed by atoms with Crippen molar-refractivity contribution >= 4 is 5.91 Å². The van der Waals surface area contributed by atoms with Crippen LogP contribution in [0.3, 0.4) is 0 Å². The van der Waals surface area contributed by atoms with Gasteiger partial charge in [-0.1, -0.05) is 26.7 Å². The van der Waals surface area contributed by atoms with E-state index in [0.717, 1.165) is 32.4 Å². The van der Waals surface area contributed by atoms with Crippen molar-refractivity contribution in [1.82, 2.24) is 10.2 Å². The number of nitrogens with two attached hydrogens (primary N) is 1. The number of hydrogen-bond donors (Lipinski definition) is 2. The summed E-state index contributed by atoms with van der Waals surface area (Å²) in [5.41, 5.74) is 5.83. The fourth-order valence-corrected chi connectivity index (χ4v) is 2.45. The van der Waals surface area contributed by atoms with E-state index in [4.69, 9.17) is 5.73 Å². The lowest BCUT2D eigenvalue weighted by atomic mass is 10.1. The number of rotatable bonds is 7. The van der Waals surface area contributed by atoms with Crippen LogP contribution in [-0.4, -0.2) is 42.5 Å². The lowest BCUT2D eigenvalue weighted by molar-refractivity contribution is -0.122. The summed E-state index contributed by atoms with van der Waals surface area (Å²) in [7, 11) is 0. The number of carbonyl (C=O) groups is 1. The molecule has 1 aliphatic rings. The van der Waals surface area contributed by atoms with Crippen LogP contribution in [0.4, 0.5) is 0 Å². The molecule has 3 N–H and O–H groups in total. The number of likely N-dealkylation sites (tertiary alicyclic amines) is 1. The second-order valence-corrected chi connectivity index (χ2v) is 4.92. The van der Waals surface area contributed by atoms with E-state index in [2.05, 4.69) is 24.1 Å². The summed E-state index contributed by atoms with van der Waals surface area (Å²) in [5.74, 6) is 0.0152. The Hall–Kier alpha value is -0.610. The Morgan fingerprint density at radius 1 is 1.53 bits per heavy atom. The number of hydrogen-bond acceptors (Lipinski definition) is 3. The third kappa shape index (κ3) is 4.64. The molecule has 1 aliphatic heterocycles. The van der Waals surface area contributed by atoms with Crippen LogP contribution < -0.4 is 11.1 Å². The maximum absolute atomic E-state index is 11.7. The molecule has 100 valence electrons. The first-order valence-corrected chi connectivity index (χ1v) is 6.96. The zero-order valence-electron chi connectivity index (χ0n) is 11.2. The number of carbonyl (C=O) groups excluding carboxylic acids is 1. The minimum atomic E-state index is -0.327. The Balaban J connectivity index is 2.22. The van der Waals surface area contributed by atoms with Gasteiger partial charge in [-0.3, -0.25) is 9.69 Å². The molecule has 0 aliphatic carbocycles. The fourth-order valence-electron chi connectivity index (χ4n) is 2.45. The Labute approximate surface area is 105 Å². The van der Waals surface area contributed by atoms with E-state index in [1.807, 2.05) is 0 Å². The number of amides is 1. The minimum Gasteiger partial charge on any atom is -0.353 e. The van der Waals surface area contributed by atoms with E-state index in [0.29, 0.717) is 6.04 Å². The van der Waals surface area contributed by atoms with Gasteiger partial charge in [0.15, 0.2) is 0 Å². The summed E-state index contributed by atoms with van der Waals surface area (Å²) >= 11 is 0. The summed E-state index contributed by atoms with van der Waals surface area (Å²) in [5, 5.41) is 2.99. The van der Waals surface area contributed by atoms with E-state index in [-0.39, 0.29) is 11.9 Å². The maximum atomic E-state index is 11.7. The first-order valence-electron chi connectivity index (χ1n) is 6.96. The normalized spacial score (nSPS) is 22.6. The number of nitrogens with zero attached hydrogens (tertiary/aromatic N) is 1. The molecule has 0 saturated carbocycles. The van der Waals surface area contributed by atoms with Gasteiger partial charge in [-0.05, 0) is 32.4 Å². The van der Waals surface area contributed by atoms with Crippen molar-refractivity contribution in [2.24, 2.45) is 5.73 Å². The molecular weight excluding hydrogens is 214 g/mol. The first kappa shape index (κ1) is 14.5. The standard InChI is InChI=1S/C13H27N3O/c1-3-5-8-12(14)13(17)15-10-11-7-6-9-16(11)4-2/h11-12H,3-10,14H2,1-2H3,(H,15,17)/t11?,12-/m0/s1. The van der Waals surface area contributed by atoms with E-state index in [1.165, 1.54) is 19.4 Å². The number of nitrogens with one attached hydrogen (secondary N) is 1. The van der Waals surface area contributed by atoms with Gasteiger partial charge in [-0.2, -0.15) is 0 Å². The third-order valence-corrected chi connectivity index (χ3v) is 3.62. The molecule has 4 heteroatoms. The molecule has 4 nitrogen and oxygen atoms in total. The molecule has 1 saturated heterocycles. The quantitative estimate of drug-likeness (QED) is 0.702. The monoisotopic (exact) mass is 241 g/mol. The van der Waals surface area contributed by atoms with Crippen LogP contribution in [0.1, 0.15) is 46.0 Å². The lowest BCUT2D eigenvalue weighted by Crippen LogP contribution is -2.46. The Bertz CT molecular complexity index is 233. The van der Waals surface area contributed by atoms with Crippen molar-refractivity contribution < 1.29 is 4.79 Å². The molecule has 0 aromatic rings. The highest BCUT2D eigenvalue weighted by atomic mass is 16.2. The fraction of sp³-hybridized carbons (Fsp3) is 0.923. The zero-order valence-corrected chi connectivity index (χ0v) is 11.2. The molecular formula is C13H27N3O. The second kappa shape index (κ2) is 7.67. The van der Waals surface area contributed by atoms with Crippen LogP contribution in [0.25, 0.3) is 0 Å². The third-order valence-electron chi connectivity index (χ3n) is 3.62. The van der Waals surface area contributed by atoms with E-state index in [9.17, 15) is 4.79 Å². The van der Waals surface area contributed by atoms with Crippen LogP contribution >= 0.6 is 0 Å². The highest BCUT2D eigenvalue weighted by molar-refractivity contribution is 5.81. The Morgan fingerprint density at radius 2 is 2.29 bits per heavy atom. The highest BCUT2D eigenvalue weighted by Gasteiger charge is 2.23. The van der Waals surface area contributed by atoms with Crippen LogP contribution in [0, 0.1) is 0 Å².